The van der Waals surface area contributed by atoms with E-state index in [1.165, 1.54) is 5.56 Å². The molecule has 2 aromatic rings. The van der Waals surface area contributed by atoms with E-state index in [4.69, 9.17) is 10.5 Å². The Morgan fingerprint density at radius 3 is 2.56 bits per heavy atom. The fourth-order valence-electron chi connectivity index (χ4n) is 1.81. The fraction of sp³-hybridized carbons (Fsp3) is 0.200. The molecule has 0 atom stereocenters. The number of ether oxygens (including phenoxy) is 1. The van der Waals surface area contributed by atoms with Crippen molar-refractivity contribution in [3.8, 4) is 11.1 Å². The molecule has 0 saturated heterocycles. The van der Waals surface area contributed by atoms with E-state index < -0.39 is 0 Å². The lowest BCUT2D eigenvalue weighted by molar-refractivity contribution is 0.211. The standard InChI is InChI=1S/C15H18N2O/c1-18-10-9-17-15-11-13(7-8-14(15)16)12-5-3-2-4-6-12/h2-8,11,17H,9-10,16H2,1H3. The first kappa shape index (κ1) is 12.5. The monoisotopic (exact) mass is 242 g/mol. The highest BCUT2D eigenvalue weighted by atomic mass is 16.5. The first-order valence-corrected chi connectivity index (χ1v) is 5.99. The summed E-state index contributed by atoms with van der Waals surface area (Å²) in [6.45, 7) is 1.41. The summed E-state index contributed by atoms with van der Waals surface area (Å²) in [6, 6.07) is 16.3. The quantitative estimate of drug-likeness (QED) is 0.626. The Morgan fingerprint density at radius 2 is 1.83 bits per heavy atom. The third-order valence-electron chi connectivity index (χ3n) is 2.78. The Hall–Kier alpha value is -2.00. The van der Waals surface area contributed by atoms with Gasteiger partial charge in [0.15, 0.2) is 0 Å². The van der Waals surface area contributed by atoms with Gasteiger partial charge in [-0.2, -0.15) is 0 Å². The minimum Gasteiger partial charge on any atom is -0.397 e. The van der Waals surface area contributed by atoms with Crippen LogP contribution >= 0.6 is 0 Å². The number of methoxy groups -OCH3 is 1. The van der Waals surface area contributed by atoms with Gasteiger partial charge in [-0.3, -0.25) is 0 Å². The first-order valence-electron chi connectivity index (χ1n) is 5.99. The predicted molar refractivity (Wildman–Crippen MR) is 76.7 cm³/mol. The van der Waals surface area contributed by atoms with Crippen LogP contribution in [0.1, 0.15) is 0 Å². The van der Waals surface area contributed by atoms with Crippen molar-refractivity contribution in [2.75, 3.05) is 31.3 Å². The molecule has 2 rings (SSSR count). The Balaban J connectivity index is 2.21. The molecule has 0 unspecified atom stereocenters. The fourth-order valence-corrected chi connectivity index (χ4v) is 1.81. The molecule has 0 aliphatic heterocycles. The van der Waals surface area contributed by atoms with E-state index in [1.807, 2.05) is 30.3 Å². The van der Waals surface area contributed by atoms with Gasteiger partial charge in [0.2, 0.25) is 0 Å². The second-order valence-corrected chi connectivity index (χ2v) is 4.09. The van der Waals surface area contributed by atoms with Crippen molar-refractivity contribution in [3.63, 3.8) is 0 Å². The molecule has 0 spiro atoms. The number of nitrogen functional groups attached to an aromatic ring is 1. The molecule has 3 N–H and O–H groups in total. The molecule has 94 valence electrons. The van der Waals surface area contributed by atoms with E-state index >= 15 is 0 Å². The average Bonchev–Trinajstić information content (AvgIpc) is 2.42. The average molecular weight is 242 g/mol. The van der Waals surface area contributed by atoms with Crippen LogP contribution < -0.4 is 11.1 Å². The predicted octanol–water partition coefficient (Wildman–Crippen LogP) is 2.99. The van der Waals surface area contributed by atoms with Crippen LogP contribution in [0.5, 0.6) is 0 Å². The summed E-state index contributed by atoms with van der Waals surface area (Å²) >= 11 is 0. The molecule has 18 heavy (non-hydrogen) atoms. The highest BCUT2D eigenvalue weighted by Gasteiger charge is 2.02. The number of nitrogens with two attached hydrogens (primary N) is 1. The maximum atomic E-state index is 5.95. The van der Waals surface area contributed by atoms with Crippen molar-refractivity contribution in [3.05, 3.63) is 48.5 Å². The van der Waals surface area contributed by atoms with Gasteiger partial charge in [-0.25, -0.2) is 0 Å². The maximum Gasteiger partial charge on any atom is 0.0635 e. The van der Waals surface area contributed by atoms with Gasteiger partial charge in [0.1, 0.15) is 0 Å². The number of hydrogen-bond acceptors (Lipinski definition) is 3. The summed E-state index contributed by atoms with van der Waals surface area (Å²) in [5.74, 6) is 0. The summed E-state index contributed by atoms with van der Waals surface area (Å²) in [6.07, 6.45) is 0. The van der Waals surface area contributed by atoms with Crippen LogP contribution in [-0.4, -0.2) is 20.3 Å². The number of hydrogen-bond donors (Lipinski definition) is 2. The molecule has 0 heterocycles. The summed E-state index contributed by atoms with van der Waals surface area (Å²) in [4.78, 5) is 0. The van der Waals surface area contributed by atoms with E-state index in [1.54, 1.807) is 7.11 Å². The number of anilines is 2. The normalized spacial score (nSPS) is 10.3. The SMILES string of the molecule is COCCNc1cc(-c2ccccc2)ccc1N. The molecule has 0 aliphatic carbocycles. The zero-order valence-electron chi connectivity index (χ0n) is 10.5. The third-order valence-corrected chi connectivity index (χ3v) is 2.78. The van der Waals surface area contributed by atoms with Crippen LogP contribution in [0.2, 0.25) is 0 Å². The first-order chi connectivity index (χ1) is 8.81. The Kier molecular flexibility index (Phi) is 4.20. The summed E-state index contributed by atoms with van der Waals surface area (Å²) in [7, 11) is 1.69. The molecule has 3 heteroatoms. The zero-order valence-corrected chi connectivity index (χ0v) is 10.5. The number of rotatable bonds is 5. The van der Waals surface area contributed by atoms with Gasteiger partial charge in [-0.15, -0.1) is 0 Å². The lowest BCUT2D eigenvalue weighted by atomic mass is 10.0. The van der Waals surface area contributed by atoms with Gasteiger partial charge >= 0.3 is 0 Å². The largest absolute Gasteiger partial charge is 0.397 e. The molecule has 2 aromatic carbocycles. The number of benzene rings is 2. The summed E-state index contributed by atoms with van der Waals surface area (Å²) < 4.78 is 5.01. The second kappa shape index (κ2) is 6.07. The van der Waals surface area contributed by atoms with Crippen molar-refractivity contribution in [2.24, 2.45) is 0 Å². The van der Waals surface area contributed by atoms with Crippen molar-refractivity contribution < 1.29 is 4.74 Å². The van der Waals surface area contributed by atoms with Crippen LogP contribution in [0, 0.1) is 0 Å². The summed E-state index contributed by atoms with van der Waals surface area (Å²) in [5.41, 5.74) is 10.00. The number of nitrogens with one attached hydrogen (secondary N) is 1. The van der Waals surface area contributed by atoms with E-state index in [9.17, 15) is 0 Å². The van der Waals surface area contributed by atoms with Gasteiger partial charge in [0.25, 0.3) is 0 Å². The smallest absolute Gasteiger partial charge is 0.0635 e. The van der Waals surface area contributed by atoms with E-state index in [2.05, 4.69) is 23.5 Å². The Morgan fingerprint density at radius 1 is 1.06 bits per heavy atom. The van der Waals surface area contributed by atoms with Crippen LogP contribution in [0.15, 0.2) is 48.5 Å². The zero-order chi connectivity index (χ0) is 12.8. The molecule has 0 amide bonds. The molecule has 3 nitrogen and oxygen atoms in total. The minimum atomic E-state index is 0.662. The van der Waals surface area contributed by atoms with Gasteiger partial charge in [0.05, 0.1) is 18.0 Å². The van der Waals surface area contributed by atoms with E-state index in [0.29, 0.717) is 6.61 Å². The maximum absolute atomic E-state index is 5.95. The molecular weight excluding hydrogens is 224 g/mol. The van der Waals surface area contributed by atoms with Crippen molar-refractivity contribution >= 4 is 11.4 Å². The molecule has 0 aromatic heterocycles. The Labute approximate surface area is 108 Å². The summed E-state index contributed by atoms with van der Waals surface area (Å²) in [5, 5.41) is 3.27. The van der Waals surface area contributed by atoms with Crippen LogP contribution in [-0.2, 0) is 4.74 Å². The minimum absolute atomic E-state index is 0.662. The van der Waals surface area contributed by atoms with Crippen molar-refractivity contribution in [2.45, 2.75) is 0 Å². The molecule has 0 fully saturated rings. The lowest BCUT2D eigenvalue weighted by Gasteiger charge is -2.11. The van der Waals surface area contributed by atoms with Gasteiger partial charge in [0, 0.05) is 13.7 Å². The van der Waals surface area contributed by atoms with Gasteiger partial charge in [-0.1, -0.05) is 36.4 Å². The third kappa shape index (κ3) is 3.02. The van der Waals surface area contributed by atoms with Gasteiger partial charge in [-0.05, 0) is 23.3 Å². The Bertz CT molecular complexity index is 497. The topological polar surface area (TPSA) is 47.3 Å². The van der Waals surface area contributed by atoms with Crippen LogP contribution in [0.4, 0.5) is 11.4 Å². The van der Waals surface area contributed by atoms with Crippen molar-refractivity contribution in [1.29, 1.82) is 0 Å². The molecule has 0 radical (unpaired) electrons. The van der Waals surface area contributed by atoms with Crippen LogP contribution in [0.3, 0.4) is 0 Å². The highest BCUT2D eigenvalue weighted by molar-refractivity contribution is 5.76. The van der Waals surface area contributed by atoms with Crippen molar-refractivity contribution in [1.82, 2.24) is 0 Å². The molecule has 0 saturated carbocycles. The molecule has 0 aliphatic rings. The van der Waals surface area contributed by atoms with E-state index in [0.717, 1.165) is 23.5 Å². The van der Waals surface area contributed by atoms with E-state index in [-0.39, 0.29) is 0 Å². The highest BCUT2D eigenvalue weighted by Crippen LogP contribution is 2.26. The molecule has 0 bridgehead atoms. The molecular formula is C15H18N2O. The van der Waals surface area contributed by atoms with Crippen LogP contribution in [0.25, 0.3) is 11.1 Å². The second-order valence-electron chi connectivity index (χ2n) is 4.09. The lowest BCUT2D eigenvalue weighted by Crippen LogP contribution is -2.09. The van der Waals surface area contributed by atoms with Gasteiger partial charge < -0.3 is 15.8 Å².